The Hall–Kier alpha value is -3.88. The van der Waals surface area contributed by atoms with Crippen molar-refractivity contribution in [3.8, 4) is 0 Å². The van der Waals surface area contributed by atoms with Crippen LogP contribution in [0, 0.1) is 6.92 Å². The van der Waals surface area contributed by atoms with E-state index in [1.165, 1.54) is 12.1 Å². The predicted molar refractivity (Wildman–Crippen MR) is 124 cm³/mol. The number of pyridine rings is 2. The first kappa shape index (κ1) is 21.9. The van der Waals surface area contributed by atoms with Crippen molar-refractivity contribution in [2.45, 2.75) is 26.1 Å². The second-order valence-corrected chi connectivity index (χ2v) is 8.40. The SMILES string of the molecule is Cc1cccc(Cn2c(C(=O)Nc3ccc(N4CCC4)nc3)cc3nc(C(F)(F)F)ccc32)c1. The molecule has 4 heterocycles. The van der Waals surface area contributed by atoms with E-state index in [4.69, 9.17) is 0 Å². The topological polar surface area (TPSA) is 63.1 Å². The third-order valence-corrected chi connectivity index (χ3v) is 5.89. The smallest absolute Gasteiger partial charge is 0.356 e. The maximum Gasteiger partial charge on any atom is 0.433 e. The summed E-state index contributed by atoms with van der Waals surface area (Å²) in [5.41, 5.74) is 2.26. The van der Waals surface area contributed by atoms with Gasteiger partial charge in [0.15, 0.2) is 0 Å². The van der Waals surface area contributed by atoms with Crippen LogP contribution in [0.5, 0.6) is 0 Å². The monoisotopic (exact) mass is 465 g/mol. The van der Waals surface area contributed by atoms with Crippen LogP contribution in [0.4, 0.5) is 24.7 Å². The van der Waals surface area contributed by atoms with Crippen LogP contribution in [0.15, 0.2) is 60.8 Å². The zero-order chi connectivity index (χ0) is 23.9. The Balaban J connectivity index is 1.50. The van der Waals surface area contributed by atoms with Gasteiger partial charge in [0.1, 0.15) is 17.2 Å². The van der Waals surface area contributed by atoms with Gasteiger partial charge in [0.2, 0.25) is 0 Å². The molecule has 0 saturated carbocycles. The number of fused-ring (bicyclic) bond motifs is 1. The first-order valence-corrected chi connectivity index (χ1v) is 10.9. The Morgan fingerprint density at radius 1 is 1.09 bits per heavy atom. The van der Waals surface area contributed by atoms with Crippen LogP contribution >= 0.6 is 0 Å². The fraction of sp³-hybridized carbons (Fsp3) is 0.240. The minimum atomic E-state index is -4.57. The van der Waals surface area contributed by atoms with Crippen LogP contribution < -0.4 is 10.2 Å². The van der Waals surface area contributed by atoms with Gasteiger partial charge in [-0.15, -0.1) is 0 Å². The van der Waals surface area contributed by atoms with E-state index in [2.05, 4.69) is 20.2 Å². The van der Waals surface area contributed by atoms with E-state index in [-0.39, 0.29) is 11.2 Å². The summed E-state index contributed by atoms with van der Waals surface area (Å²) >= 11 is 0. The number of carbonyl (C=O) groups is 1. The van der Waals surface area contributed by atoms with E-state index in [0.29, 0.717) is 17.7 Å². The lowest BCUT2D eigenvalue weighted by atomic mass is 10.1. The molecule has 0 radical (unpaired) electrons. The minimum absolute atomic E-state index is 0.110. The average molecular weight is 465 g/mol. The number of benzene rings is 1. The van der Waals surface area contributed by atoms with Gasteiger partial charge in [0.05, 0.1) is 22.9 Å². The van der Waals surface area contributed by atoms with Crippen molar-refractivity contribution in [1.29, 1.82) is 0 Å². The molecular formula is C25H22F3N5O. The predicted octanol–water partition coefficient (Wildman–Crippen LogP) is 5.27. The highest BCUT2D eigenvalue weighted by molar-refractivity contribution is 6.06. The Labute approximate surface area is 194 Å². The van der Waals surface area contributed by atoms with Gasteiger partial charge in [0.25, 0.3) is 5.91 Å². The van der Waals surface area contributed by atoms with Gasteiger partial charge >= 0.3 is 6.18 Å². The van der Waals surface area contributed by atoms with E-state index in [0.717, 1.165) is 42.5 Å². The molecule has 6 nitrogen and oxygen atoms in total. The fourth-order valence-electron chi connectivity index (χ4n) is 4.04. The minimum Gasteiger partial charge on any atom is -0.356 e. The molecule has 4 aromatic rings. The summed E-state index contributed by atoms with van der Waals surface area (Å²) in [6, 6.07) is 15.1. The van der Waals surface area contributed by atoms with E-state index < -0.39 is 17.8 Å². The van der Waals surface area contributed by atoms with Crippen molar-refractivity contribution in [3.05, 3.63) is 83.3 Å². The van der Waals surface area contributed by atoms with Crippen molar-refractivity contribution in [1.82, 2.24) is 14.5 Å². The highest BCUT2D eigenvalue weighted by Crippen LogP contribution is 2.30. The Morgan fingerprint density at radius 2 is 1.91 bits per heavy atom. The first-order valence-electron chi connectivity index (χ1n) is 10.9. The highest BCUT2D eigenvalue weighted by Gasteiger charge is 2.33. The number of aromatic nitrogens is 3. The second-order valence-electron chi connectivity index (χ2n) is 8.40. The summed E-state index contributed by atoms with van der Waals surface area (Å²) in [6.45, 7) is 4.20. The normalized spacial score (nSPS) is 13.7. The number of hydrogen-bond acceptors (Lipinski definition) is 4. The summed E-state index contributed by atoms with van der Waals surface area (Å²) < 4.78 is 41.4. The number of nitrogens with one attached hydrogen (secondary N) is 1. The van der Waals surface area contributed by atoms with Crippen LogP contribution in [0.3, 0.4) is 0 Å². The largest absolute Gasteiger partial charge is 0.433 e. The van der Waals surface area contributed by atoms with Crippen LogP contribution in [-0.2, 0) is 12.7 Å². The van der Waals surface area contributed by atoms with Gasteiger partial charge in [-0.3, -0.25) is 4.79 Å². The molecule has 0 aliphatic carbocycles. The molecular weight excluding hydrogens is 443 g/mol. The van der Waals surface area contributed by atoms with Gasteiger partial charge in [-0.25, -0.2) is 9.97 Å². The summed E-state index contributed by atoms with van der Waals surface area (Å²) in [6.07, 6.45) is -1.85. The molecule has 9 heteroatoms. The number of hydrogen-bond donors (Lipinski definition) is 1. The average Bonchev–Trinajstić information content (AvgIpc) is 3.11. The number of halogens is 3. The lowest BCUT2D eigenvalue weighted by Gasteiger charge is -2.31. The van der Waals surface area contributed by atoms with E-state index in [9.17, 15) is 18.0 Å². The second kappa shape index (κ2) is 8.48. The van der Waals surface area contributed by atoms with Crippen LogP contribution in [0.1, 0.15) is 33.7 Å². The van der Waals surface area contributed by atoms with Crippen LogP contribution in [-0.4, -0.2) is 33.5 Å². The Morgan fingerprint density at radius 3 is 2.56 bits per heavy atom. The lowest BCUT2D eigenvalue weighted by Crippen LogP contribution is -2.37. The Bertz CT molecular complexity index is 1360. The summed E-state index contributed by atoms with van der Waals surface area (Å²) in [4.78, 5) is 23.5. The summed E-state index contributed by atoms with van der Waals surface area (Å²) in [5, 5.41) is 2.81. The van der Waals surface area contributed by atoms with Crippen molar-refractivity contribution < 1.29 is 18.0 Å². The third kappa shape index (κ3) is 4.33. The zero-order valence-electron chi connectivity index (χ0n) is 18.4. The molecule has 0 spiro atoms. The van der Waals surface area contributed by atoms with Crippen molar-refractivity contribution in [3.63, 3.8) is 0 Å². The molecule has 0 unspecified atom stereocenters. The number of aryl methyl sites for hydroxylation is 1. The lowest BCUT2D eigenvalue weighted by molar-refractivity contribution is -0.140. The number of nitrogens with zero attached hydrogens (tertiary/aromatic N) is 4. The standard InChI is InChI=1S/C25H22F3N5O/c1-16-4-2-5-17(12-16)15-33-20-7-8-22(25(26,27)28)31-19(20)13-21(33)24(34)30-18-6-9-23(29-14-18)32-10-3-11-32/h2,4-9,12-14H,3,10-11,15H2,1H3,(H,30,34). The molecule has 1 aliphatic heterocycles. The quantitative estimate of drug-likeness (QED) is 0.436. The number of carbonyl (C=O) groups excluding carboxylic acids is 1. The summed E-state index contributed by atoms with van der Waals surface area (Å²) in [5.74, 6) is 0.402. The third-order valence-electron chi connectivity index (χ3n) is 5.89. The molecule has 1 N–H and O–H groups in total. The van der Waals surface area contributed by atoms with Gasteiger partial charge < -0.3 is 14.8 Å². The van der Waals surface area contributed by atoms with E-state index in [1.54, 1.807) is 16.8 Å². The van der Waals surface area contributed by atoms with Crippen LogP contribution in [0.25, 0.3) is 11.0 Å². The molecule has 0 bridgehead atoms. The summed E-state index contributed by atoms with van der Waals surface area (Å²) in [7, 11) is 0. The van der Waals surface area contributed by atoms with Crippen LogP contribution in [0.2, 0.25) is 0 Å². The maximum atomic E-state index is 13.2. The molecule has 3 aromatic heterocycles. The molecule has 1 fully saturated rings. The number of anilines is 2. The van der Waals surface area contributed by atoms with Gasteiger partial charge in [-0.2, -0.15) is 13.2 Å². The maximum absolute atomic E-state index is 13.2. The van der Waals surface area contributed by atoms with Crippen molar-refractivity contribution in [2.75, 3.05) is 23.3 Å². The number of rotatable bonds is 5. The van der Waals surface area contributed by atoms with E-state index >= 15 is 0 Å². The number of alkyl halides is 3. The zero-order valence-corrected chi connectivity index (χ0v) is 18.4. The molecule has 1 aromatic carbocycles. The van der Waals surface area contributed by atoms with Gasteiger partial charge in [0, 0.05) is 19.6 Å². The van der Waals surface area contributed by atoms with Crippen molar-refractivity contribution >= 4 is 28.4 Å². The fourth-order valence-corrected chi connectivity index (χ4v) is 4.04. The van der Waals surface area contributed by atoms with E-state index in [1.807, 2.05) is 37.3 Å². The first-order chi connectivity index (χ1) is 16.3. The molecule has 5 rings (SSSR count). The molecule has 174 valence electrons. The number of amides is 1. The molecule has 1 amide bonds. The molecule has 1 saturated heterocycles. The molecule has 0 atom stereocenters. The highest BCUT2D eigenvalue weighted by atomic mass is 19.4. The molecule has 34 heavy (non-hydrogen) atoms. The molecule has 1 aliphatic rings. The van der Waals surface area contributed by atoms with Crippen molar-refractivity contribution in [2.24, 2.45) is 0 Å². The van der Waals surface area contributed by atoms with Gasteiger partial charge in [-0.05, 0) is 49.2 Å². The van der Waals surface area contributed by atoms with Gasteiger partial charge in [-0.1, -0.05) is 29.8 Å². The Kier molecular flexibility index (Phi) is 5.47.